The number of likely N-dealkylation sites (N-methyl/N-ethyl adjacent to an activating group) is 2. The maximum Gasteiger partial charge on any atom is 0.119 e. The third-order valence-corrected chi connectivity index (χ3v) is 3.49. The Morgan fingerprint density at radius 3 is 1.32 bits per heavy atom. The normalized spacial score (nSPS) is 10.8. The van der Waals surface area contributed by atoms with Gasteiger partial charge in [-0.1, -0.05) is 24.3 Å². The lowest BCUT2D eigenvalue weighted by atomic mass is 10.1. The first kappa shape index (κ1) is 32.6. The van der Waals surface area contributed by atoms with Crippen molar-refractivity contribution in [3.8, 4) is 17.2 Å². The number of hydrogen-bond acceptors (Lipinski definition) is 7. The fourth-order valence-corrected chi connectivity index (χ4v) is 2.27. The van der Waals surface area contributed by atoms with E-state index in [1.807, 2.05) is 6.08 Å². The number of aliphatic carboxylic acids is 2. The largest absolute Gasteiger partial charge is 0.544 e. The van der Waals surface area contributed by atoms with Gasteiger partial charge in [0.05, 0.1) is 54.2 Å². The van der Waals surface area contributed by atoms with Crippen LogP contribution in [0.15, 0.2) is 42.5 Å². The van der Waals surface area contributed by atoms with Gasteiger partial charge in [0.15, 0.2) is 0 Å². The molecule has 0 fully saturated rings. The van der Waals surface area contributed by atoms with Crippen LogP contribution >= 0.6 is 0 Å². The van der Waals surface area contributed by atoms with Gasteiger partial charge in [-0.05, 0) is 35.4 Å². The molecule has 0 bridgehead atoms. The third kappa shape index (κ3) is 19.1. The van der Waals surface area contributed by atoms with Gasteiger partial charge < -0.3 is 49.6 Å². The number of hydrogen-bond donors (Lipinski definition) is 3. The summed E-state index contributed by atoms with van der Waals surface area (Å²) >= 11 is 0. The second kappa shape index (κ2) is 14.5. The lowest BCUT2D eigenvalue weighted by Crippen LogP contribution is -2.45. The molecule has 190 valence electrons. The van der Waals surface area contributed by atoms with E-state index in [-0.39, 0.29) is 35.8 Å². The van der Waals surface area contributed by atoms with Crippen molar-refractivity contribution < 1.29 is 49.6 Å². The third-order valence-electron chi connectivity index (χ3n) is 3.49. The van der Waals surface area contributed by atoms with Gasteiger partial charge in [-0.2, -0.15) is 0 Å². The van der Waals surface area contributed by atoms with Crippen LogP contribution in [-0.2, 0) is 9.59 Å². The van der Waals surface area contributed by atoms with Crippen LogP contribution in [0.3, 0.4) is 0 Å². The average molecular weight is 481 g/mol. The van der Waals surface area contributed by atoms with Crippen molar-refractivity contribution in [3.63, 3.8) is 0 Å². The zero-order valence-electron chi connectivity index (χ0n) is 20.5. The average Bonchev–Trinajstić information content (AvgIpc) is 2.57. The number of aromatic hydroxyl groups is 3. The van der Waals surface area contributed by atoms with E-state index in [0.29, 0.717) is 14.5 Å². The van der Waals surface area contributed by atoms with Crippen molar-refractivity contribution in [2.75, 3.05) is 55.4 Å². The highest BCUT2D eigenvalue weighted by Crippen LogP contribution is 2.22. The molecule has 0 heterocycles. The van der Waals surface area contributed by atoms with E-state index in [0.717, 1.165) is 5.56 Å². The first-order valence-corrected chi connectivity index (χ1v) is 9.97. The van der Waals surface area contributed by atoms with Crippen molar-refractivity contribution in [2.24, 2.45) is 0 Å². The van der Waals surface area contributed by atoms with E-state index in [1.165, 1.54) is 6.07 Å². The van der Waals surface area contributed by atoms with Crippen molar-refractivity contribution in [2.45, 2.75) is 0 Å². The minimum absolute atomic E-state index is 0. The minimum Gasteiger partial charge on any atom is -0.544 e. The number of carboxylic acid groups (broad SMARTS) is 2. The molecule has 0 aliphatic carbocycles. The summed E-state index contributed by atoms with van der Waals surface area (Å²) < 4.78 is 0.838. The molecule has 10 nitrogen and oxygen atoms in total. The molecule has 2 aromatic carbocycles. The Labute approximate surface area is 200 Å². The van der Waals surface area contributed by atoms with Crippen molar-refractivity contribution in [1.82, 2.24) is 0 Å². The molecule has 0 aliphatic rings. The molecule has 0 aliphatic heterocycles. The minimum atomic E-state index is -1.00. The SMILES string of the molecule is C[N+](C)(C)CC(=O)[O-].C[N+](C)(C)CC(=O)[O-].O.Oc1ccc(/C=C/c2cc(O)cc(O)c2)cc1. The second-order valence-corrected chi connectivity index (χ2v) is 9.35. The van der Waals surface area contributed by atoms with E-state index < -0.39 is 11.9 Å². The molecule has 2 rings (SSSR count). The molecular weight excluding hydrogens is 444 g/mol. The number of quaternary nitrogens is 2. The van der Waals surface area contributed by atoms with Crippen LogP contribution in [0.1, 0.15) is 11.1 Å². The fourth-order valence-electron chi connectivity index (χ4n) is 2.27. The van der Waals surface area contributed by atoms with Crippen LogP contribution in [0.4, 0.5) is 0 Å². The van der Waals surface area contributed by atoms with E-state index in [9.17, 15) is 30.0 Å². The molecular formula is C24H36N2O8. The molecule has 10 heteroatoms. The van der Waals surface area contributed by atoms with Crippen LogP contribution < -0.4 is 10.2 Å². The molecule has 0 amide bonds. The topological polar surface area (TPSA) is 172 Å². The van der Waals surface area contributed by atoms with Gasteiger partial charge in [0.2, 0.25) is 0 Å². The maximum absolute atomic E-state index is 9.89. The maximum atomic E-state index is 9.89. The molecule has 34 heavy (non-hydrogen) atoms. The van der Waals surface area contributed by atoms with Crippen LogP contribution in [-0.4, -0.2) is 97.1 Å². The Hall–Kier alpha value is -3.60. The van der Waals surface area contributed by atoms with Crippen LogP contribution in [0.25, 0.3) is 12.2 Å². The predicted molar refractivity (Wildman–Crippen MR) is 126 cm³/mol. The highest BCUT2D eigenvalue weighted by atomic mass is 16.4. The summed E-state index contributed by atoms with van der Waals surface area (Å²) in [5.41, 5.74) is 1.63. The Morgan fingerprint density at radius 1 is 0.676 bits per heavy atom. The molecule has 0 spiro atoms. The molecule has 2 aromatic rings. The predicted octanol–water partition coefficient (Wildman–Crippen LogP) is -0.966. The molecule has 0 aromatic heterocycles. The summed E-state index contributed by atoms with van der Waals surface area (Å²) in [5, 5.41) is 47.5. The summed E-state index contributed by atoms with van der Waals surface area (Å²) in [7, 11) is 10.8. The van der Waals surface area contributed by atoms with Gasteiger partial charge in [-0.3, -0.25) is 0 Å². The Bertz CT molecular complexity index is 881. The number of benzene rings is 2. The van der Waals surface area contributed by atoms with E-state index in [4.69, 9.17) is 5.11 Å². The number of phenolic OH excluding ortho intramolecular Hbond substituents is 3. The van der Waals surface area contributed by atoms with Gasteiger partial charge in [-0.25, -0.2) is 0 Å². The first-order valence-electron chi connectivity index (χ1n) is 9.97. The lowest BCUT2D eigenvalue weighted by Gasteiger charge is -2.23. The number of carboxylic acids is 2. The zero-order chi connectivity index (χ0) is 25.8. The summed E-state index contributed by atoms with van der Waals surface area (Å²) in [6.45, 7) is 0.139. The van der Waals surface area contributed by atoms with Gasteiger partial charge in [0.25, 0.3) is 0 Å². The standard InChI is InChI=1S/C14H12O3.2C5H11NO2.H2O/c15-12-5-3-10(4-6-12)1-2-11-7-13(16)9-14(17)8-11;2*1-6(2,3)4-5(7)8;/h1-9,15-17H;2*4H2,1-3H3;1H2/b2-1+;;;. The fraction of sp³-hybridized carbons (Fsp3) is 0.333. The number of nitrogens with zero attached hydrogens (tertiary/aromatic N) is 2. The lowest BCUT2D eigenvalue weighted by molar-refractivity contribution is -0.864. The Kier molecular flexibility index (Phi) is 13.9. The van der Waals surface area contributed by atoms with Gasteiger partial charge in [0.1, 0.15) is 30.3 Å². The quantitative estimate of drug-likeness (QED) is 0.352. The molecule has 5 N–H and O–H groups in total. The van der Waals surface area contributed by atoms with E-state index >= 15 is 0 Å². The number of carbonyl (C=O) groups is 2. The molecule has 0 unspecified atom stereocenters. The highest BCUT2D eigenvalue weighted by molar-refractivity contribution is 5.71. The summed E-state index contributed by atoms with van der Waals surface area (Å²) in [4.78, 5) is 19.8. The van der Waals surface area contributed by atoms with E-state index in [1.54, 1.807) is 84.8 Å². The Morgan fingerprint density at radius 2 is 1.03 bits per heavy atom. The Balaban J connectivity index is 0. The van der Waals surface area contributed by atoms with Crippen LogP contribution in [0.2, 0.25) is 0 Å². The first-order chi connectivity index (χ1) is 15.0. The monoisotopic (exact) mass is 480 g/mol. The van der Waals surface area contributed by atoms with Crippen LogP contribution in [0, 0.1) is 0 Å². The van der Waals surface area contributed by atoms with Gasteiger partial charge in [0, 0.05) is 6.07 Å². The van der Waals surface area contributed by atoms with Gasteiger partial charge >= 0.3 is 0 Å². The van der Waals surface area contributed by atoms with E-state index in [2.05, 4.69) is 0 Å². The van der Waals surface area contributed by atoms with Gasteiger partial charge in [-0.15, -0.1) is 0 Å². The van der Waals surface area contributed by atoms with Crippen molar-refractivity contribution >= 4 is 24.1 Å². The van der Waals surface area contributed by atoms with Crippen LogP contribution in [0.5, 0.6) is 17.2 Å². The summed E-state index contributed by atoms with van der Waals surface area (Å²) in [5.74, 6) is -1.74. The molecule has 0 saturated heterocycles. The summed E-state index contributed by atoms with van der Waals surface area (Å²) in [6, 6.07) is 11.1. The second-order valence-electron chi connectivity index (χ2n) is 9.35. The molecule has 0 saturated carbocycles. The number of rotatable bonds is 6. The number of phenols is 3. The number of carbonyl (C=O) groups excluding carboxylic acids is 2. The highest BCUT2D eigenvalue weighted by Gasteiger charge is 2.05. The van der Waals surface area contributed by atoms with Crippen molar-refractivity contribution in [1.29, 1.82) is 0 Å². The molecule has 0 atom stereocenters. The summed E-state index contributed by atoms with van der Waals surface area (Å²) in [6.07, 6.45) is 3.60. The zero-order valence-corrected chi connectivity index (χ0v) is 20.5. The van der Waals surface area contributed by atoms with Crippen molar-refractivity contribution in [3.05, 3.63) is 53.6 Å². The molecule has 0 radical (unpaired) electrons. The smallest absolute Gasteiger partial charge is 0.119 e.